The lowest BCUT2D eigenvalue weighted by Crippen LogP contribution is -2.40. The number of hydrogen-bond acceptors (Lipinski definition) is 3. The van der Waals surface area contributed by atoms with E-state index < -0.39 is 0 Å². The van der Waals surface area contributed by atoms with Crippen LogP contribution in [0.3, 0.4) is 0 Å². The van der Waals surface area contributed by atoms with Gasteiger partial charge in [-0.1, -0.05) is 24.3 Å². The van der Waals surface area contributed by atoms with Gasteiger partial charge in [-0.3, -0.25) is 9.59 Å². The van der Waals surface area contributed by atoms with Crippen LogP contribution >= 0.6 is 0 Å². The van der Waals surface area contributed by atoms with Crippen molar-refractivity contribution in [2.45, 2.75) is 12.3 Å². The highest BCUT2D eigenvalue weighted by Crippen LogP contribution is 2.48. The molecule has 0 spiro atoms. The van der Waals surface area contributed by atoms with Gasteiger partial charge in [-0.2, -0.15) is 0 Å². The smallest absolute Gasteiger partial charge is 0.254 e. The third kappa shape index (κ3) is 3.85. The summed E-state index contributed by atoms with van der Waals surface area (Å²) < 4.78 is 19.2. The van der Waals surface area contributed by atoms with Gasteiger partial charge in [0.15, 0.2) is 0 Å². The number of amides is 2. The van der Waals surface area contributed by atoms with Crippen LogP contribution in [0.25, 0.3) is 0 Å². The van der Waals surface area contributed by atoms with E-state index in [2.05, 4.69) is 5.32 Å². The van der Waals surface area contributed by atoms with Crippen molar-refractivity contribution in [3.63, 3.8) is 0 Å². The Morgan fingerprint density at radius 1 is 1.07 bits per heavy atom. The lowest BCUT2D eigenvalue weighted by Gasteiger charge is -2.27. The van der Waals surface area contributed by atoms with Gasteiger partial charge < -0.3 is 15.0 Å². The largest absolute Gasteiger partial charge is 0.378 e. The molecule has 2 aromatic rings. The van der Waals surface area contributed by atoms with E-state index in [9.17, 15) is 14.0 Å². The third-order valence-corrected chi connectivity index (χ3v) is 5.11. The van der Waals surface area contributed by atoms with Crippen LogP contribution < -0.4 is 5.32 Å². The molecule has 1 heterocycles. The Labute approximate surface area is 157 Å². The summed E-state index contributed by atoms with van der Waals surface area (Å²) in [5.41, 5.74) is 1.71. The molecule has 1 aliphatic heterocycles. The van der Waals surface area contributed by atoms with Crippen LogP contribution in [-0.2, 0) is 9.53 Å². The van der Waals surface area contributed by atoms with Crippen molar-refractivity contribution in [3.05, 3.63) is 65.5 Å². The number of morpholine rings is 1. The van der Waals surface area contributed by atoms with Crippen LogP contribution in [0.15, 0.2) is 48.5 Å². The molecule has 4 rings (SSSR count). The van der Waals surface area contributed by atoms with Crippen molar-refractivity contribution in [1.29, 1.82) is 0 Å². The summed E-state index contributed by atoms with van der Waals surface area (Å²) in [6, 6.07) is 13.5. The first-order chi connectivity index (χ1) is 13.1. The molecular formula is C21H21FN2O3. The minimum absolute atomic E-state index is 0.0648. The van der Waals surface area contributed by atoms with E-state index in [4.69, 9.17) is 4.74 Å². The number of benzene rings is 2. The minimum atomic E-state index is -0.268. The molecule has 0 radical (unpaired) electrons. The van der Waals surface area contributed by atoms with Gasteiger partial charge in [0, 0.05) is 30.3 Å². The molecule has 1 aliphatic carbocycles. The van der Waals surface area contributed by atoms with Gasteiger partial charge in [0.2, 0.25) is 5.91 Å². The number of hydrogen-bond donors (Lipinski definition) is 1. The van der Waals surface area contributed by atoms with Gasteiger partial charge >= 0.3 is 0 Å². The predicted octanol–water partition coefficient (Wildman–Crippen LogP) is 3.04. The Kier molecular flexibility index (Phi) is 4.90. The molecule has 1 saturated carbocycles. The molecule has 27 heavy (non-hydrogen) atoms. The molecule has 2 fully saturated rings. The maximum Gasteiger partial charge on any atom is 0.254 e. The van der Waals surface area contributed by atoms with Crippen LogP contribution in [0.2, 0.25) is 0 Å². The van der Waals surface area contributed by atoms with E-state index in [1.54, 1.807) is 47.4 Å². The molecule has 5 nitrogen and oxygen atoms in total. The number of ether oxygens (including phenoxy) is 1. The zero-order valence-electron chi connectivity index (χ0n) is 14.9. The number of nitrogens with zero attached hydrogens (tertiary/aromatic N) is 1. The summed E-state index contributed by atoms with van der Waals surface area (Å²) in [5.74, 6) is -0.787. The zero-order valence-corrected chi connectivity index (χ0v) is 14.9. The van der Waals surface area contributed by atoms with Gasteiger partial charge in [0.05, 0.1) is 13.2 Å². The summed E-state index contributed by atoms with van der Waals surface area (Å²) in [6.07, 6.45) is 0.638. The van der Waals surface area contributed by atoms with Gasteiger partial charge in [0.25, 0.3) is 5.91 Å². The molecule has 2 aliphatic rings. The molecule has 1 saturated heterocycles. The fraction of sp³-hybridized carbons (Fsp3) is 0.333. The maximum absolute atomic E-state index is 13.9. The average Bonchev–Trinajstić information content (AvgIpc) is 3.49. The highest BCUT2D eigenvalue weighted by Gasteiger charge is 2.45. The van der Waals surface area contributed by atoms with Gasteiger partial charge in [-0.15, -0.1) is 0 Å². The Balaban J connectivity index is 1.41. The Hall–Kier alpha value is -2.73. The monoisotopic (exact) mass is 368 g/mol. The molecule has 140 valence electrons. The van der Waals surface area contributed by atoms with Crippen molar-refractivity contribution in [3.8, 4) is 0 Å². The number of carbonyl (C=O) groups excluding carboxylic acids is 2. The van der Waals surface area contributed by atoms with Crippen LogP contribution in [0.1, 0.15) is 28.3 Å². The molecule has 2 aromatic carbocycles. The van der Waals surface area contributed by atoms with Gasteiger partial charge in [-0.05, 0) is 42.2 Å². The van der Waals surface area contributed by atoms with Crippen LogP contribution in [0.4, 0.5) is 10.1 Å². The predicted molar refractivity (Wildman–Crippen MR) is 99.0 cm³/mol. The highest BCUT2D eigenvalue weighted by molar-refractivity contribution is 5.98. The van der Waals surface area contributed by atoms with Crippen molar-refractivity contribution in [2.75, 3.05) is 31.6 Å². The first kappa shape index (κ1) is 17.7. The van der Waals surface area contributed by atoms with Crippen LogP contribution in [-0.4, -0.2) is 43.0 Å². The Morgan fingerprint density at radius 2 is 1.85 bits per heavy atom. The second-order valence-corrected chi connectivity index (χ2v) is 6.94. The standard InChI is InChI=1S/C21H21FN2O3/c22-19-7-2-1-6-16(19)17-13-18(17)20(25)23-15-5-3-4-14(12-15)21(26)24-8-10-27-11-9-24/h1-7,12,17-18H,8-11,13H2,(H,23,25). The topological polar surface area (TPSA) is 58.6 Å². The van der Waals surface area contributed by atoms with E-state index in [1.165, 1.54) is 6.07 Å². The lowest BCUT2D eigenvalue weighted by molar-refractivity contribution is -0.117. The normalized spacial score (nSPS) is 21.6. The second-order valence-electron chi connectivity index (χ2n) is 6.94. The maximum atomic E-state index is 13.9. The van der Waals surface area contributed by atoms with E-state index in [-0.39, 0.29) is 29.5 Å². The number of nitrogens with one attached hydrogen (secondary N) is 1. The van der Waals surface area contributed by atoms with Crippen LogP contribution in [0, 0.1) is 11.7 Å². The third-order valence-electron chi connectivity index (χ3n) is 5.11. The van der Waals surface area contributed by atoms with E-state index in [1.807, 2.05) is 0 Å². The van der Waals surface area contributed by atoms with E-state index in [0.29, 0.717) is 49.5 Å². The van der Waals surface area contributed by atoms with Crippen molar-refractivity contribution in [1.82, 2.24) is 4.90 Å². The fourth-order valence-corrected chi connectivity index (χ4v) is 3.52. The quantitative estimate of drug-likeness (QED) is 0.902. The number of halogens is 1. The van der Waals surface area contributed by atoms with Crippen molar-refractivity contribution >= 4 is 17.5 Å². The number of carbonyl (C=O) groups is 2. The first-order valence-corrected chi connectivity index (χ1v) is 9.16. The second kappa shape index (κ2) is 7.48. The summed E-state index contributed by atoms with van der Waals surface area (Å²) >= 11 is 0. The van der Waals surface area contributed by atoms with E-state index in [0.717, 1.165) is 0 Å². The van der Waals surface area contributed by atoms with Crippen molar-refractivity contribution < 1.29 is 18.7 Å². The molecule has 1 N–H and O–H groups in total. The SMILES string of the molecule is O=C(Nc1cccc(C(=O)N2CCOCC2)c1)C1CC1c1ccccc1F. The molecule has 2 unspecified atom stereocenters. The molecule has 2 amide bonds. The lowest BCUT2D eigenvalue weighted by atomic mass is 10.1. The van der Waals surface area contributed by atoms with Gasteiger partial charge in [0.1, 0.15) is 5.82 Å². The molecular weight excluding hydrogens is 347 g/mol. The average molecular weight is 368 g/mol. The number of rotatable bonds is 4. The summed E-state index contributed by atoms with van der Waals surface area (Å²) in [6.45, 7) is 2.23. The van der Waals surface area contributed by atoms with E-state index >= 15 is 0 Å². The van der Waals surface area contributed by atoms with Crippen molar-refractivity contribution in [2.24, 2.45) is 5.92 Å². The highest BCUT2D eigenvalue weighted by atomic mass is 19.1. The first-order valence-electron chi connectivity index (χ1n) is 9.16. The summed E-state index contributed by atoms with van der Waals surface area (Å²) in [4.78, 5) is 26.8. The summed E-state index contributed by atoms with van der Waals surface area (Å²) in [7, 11) is 0. The molecule has 6 heteroatoms. The summed E-state index contributed by atoms with van der Waals surface area (Å²) in [5, 5.41) is 2.86. The molecule has 0 aromatic heterocycles. The molecule has 2 atom stereocenters. The Morgan fingerprint density at radius 3 is 2.63 bits per heavy atom. The molecule has 0 bridgehead atoms. The fourth-order valence-electron chi connectivity index (χ4n) is 3.52. The minimum Gasteiger partial charge on any atom is -0.378 e. The zero-order chi connectivity index (χ0) is 18.8. The van der Waals surface area contributed by atoms with Crippen LogP contribution in [0.5, 0.6) is 0 Å². The number of anilines is 1. The van der Waals surface area contributed by atoms with Gasteiger partial charge in [-0.25, -0.2) is 4.39 Å². The Bertz CT molecular complexity index is 864.